The predicted molar refractivity (Wildman–Crippen MR) is 258 cm³/mol. The minimum absolute atomic E-state index is 0. The fourth-order valence-electron chi connectivity index (χ4n) is 6.06. The van der Waals surface area contributed by atoms with Gasteiger partial charge < -0.3 is 75.9 Å². The lowest BCUT2D eigenvalue weighted by molar-refractivity contribution is -0.134. The maximum Gasteiger partial charge on any atom is 0.328 e. The number of nitrogens with one attached hydrogen (secondary N) is 2. The first kappa shape index (κ1) is 62.2. The van der Waals surface area contributed by atoms with Gasteiger partial charge in [-0.1, -0.05) is 48.5 Å². The van der Waals surface area contributed by atoms with Gasteiger partial charge >= 0.3 is 23.9 Å². The summed E-state index contributed by atoms with van der Waals surface area (Å²) in [5, 5.41) is 77.9. The van der Waals surface area contributed by atoms with Gasteiger partial charge in [-0.3, -0.25) is 0 Å². The number of hydrogen-bond acceptors (Lipinski definition) is 14. The number of carboxylic acids is 4. The van der Waals surface area contributed by atoms with Crippen LogP contribution < -0.4 is 29.6 Å². The fourth-order valence-corrected chi connectivity index (χ4v) is 6.06. The summed E-state index contributed by atoms with van der Waals surface area (Å²) in [5.74, 6) is -1.93. The first-order chi connectivity index (χ1) is 32.6. The van der Waals surface area contributed by atoms with Crippen LogP contribution in [0, 0.1) is 0 Å². The Morgan fingerprint density at radius 3 is 0.855 bits per heavy atom. The Morgan fingerprint density at radius 1 is 0.420 bits per heavy atom. The van der Waals surface area contributed by atoms with E-state index in [0.29, 0.717) is 24.3 Å². The van der Waals surface area contributed by atoms with Crippen LogP contribution in [0.15, 0.2) is 121 Å². The second kappa shape index (κ2) is 37.2. The van der Waals surface area contributed by atoms with Crippen molar-refractivity contribution in [3.05, 3.63) is 144 Å². The van der Waals surface area contributed by atoms with Gasteiger partial charge in [0.2, 0.25) is 0 Å². The zero-order valence-corrected chi connectivity index (χ0v) is 39.3. The predicted octanol–water partition coefficient (Wildman–Crippen LogP) is 5.06. The first-order valence-electron chi connectivity index (χ1n) is 21.5. The monoisotopic (exact) mass is 968 g/mol. The molecule has 0 aliphatic carbocycles. The third-order valence-electron chi connectivity index (χ3n) is 9.63. The molecular weight excluding hydrogens is 901 g/mol. The van der Waals surface area contributed by atoms with Crippen LogP contribution in [-0.4, -0.2) is 125 Å². The molecule has 0 amide bonds. The van der Waals surface area contributed by atoms with Crippen molar-refractivity contribution in [2.75, 3.05) is 54.7 Å². The zero-order valence-electron chi connectivity index (χ0n) is 39.3. The van der Waals surface area contributed by atoms with Crippen molar-refractivity contribution in [3.8, 4) is 23.0 Å². The van der Waals surface area contributed by atoms with E-state index >= 15 is 0 Å². The number of carboxylic acid groups (broad SMARTS) is 4. The number of aliphatic hydroxyl groups is 4. The summed E-state index contributed by atoms with van der Waals surface area (Å²) in [4.78, 5) is 38.2. The topological polar surface area (TPSA) is 323 Å². The average molecular weight is 969 g/mol. The summed E-state index contributed by atoms with van der Waals surface area (Å²) in [6, 6.07) is 29.9. The number of benzene rings is 4. The largest absolute Gasteiger partial charge is 0.497 e. The molecule has 0 saturated carbocycles. The molecule has 0 aliphatic heterocycles. The Morgan fingerprint density at radius 2 is 0.652 bits per heavy atom. The van der Waals surface area contributed by atoms with Crippen molar-refractivity contribution >= 4 is 23.9 Å². The number of hydrogen-bond donors (Lipinski definition) is 10. The van der Waals surface area contributed by atoms with E-state index in [4.69, 9.17) is 49.6 Å². The van der Waals surface area contributed by atoms with Gasteiger partial charge in [-0.15, -0.1) is 0 Å². The molecule has 4 unspecified atom stereocenters. The summed E-state index contributed by atoms with van der Waals surface area (Å²) in [5.41, 5.74) is 3.65. The zero-order chi connectivity index (χ0) is 50.7. The highest BCUT2D eigenvalue weighted by molar-refractivity contribution is 5.90. The standard InChI is InChI=1S/2C21H29NO4.2C4H4O4.H2O/c2*1-25-18-10-6-16(7-11-18)20(22-14-4-3-5-15-23)21(24)17-8-12-19(26-2)13-9-17;2*5-3(6)1-2-4(7)8;/h2*6-13,20-24H,3-5,14-15H2,1-2H3;2*1-2H,(H,5,6)(H,7,8);1H2. The number of ether oxygens (including phenoxy) is 4. The summed E-state index contributed by atoms with van der Waals surface area (Å²) in [6.07, 6.45) is 6.26. The third kappa shape index (κ3) is 26.9. The van der Waals surface area contributed by atoms with Gasteiger partial charge in [0.25, 0.3) is 0 Å². The van der Waals surface area contributed by atoms with E-state index in [1.54, 1.807) is 28.4 Å². The minimum atomic E-state index is -1.26. The van der Waals surface area contributed by atoms with Gasteiger partial charge in [0.15, 0.2) is 0 Å². The van der Waals surface area contributed by atoms with Crippen molar-refractivity contribution in [3.63, 3.8) is 0 Å². The van der Waals surface area contributed by atoms with Crippen molar-refractivity contribution in [1.82, 2.24) is 10.6 Å². The molecule has 19 nitrogen and oxygen atoms in total. The lowest BCUT2D eigenvalue weighted by Gasteiger charge is -2.25. The van der Waals surface area contributed by atoms with E-state index in [1.807, 2.05) is 97.1 Å². The van der Waals surface area contributed by atoms with Crippen LogP contribution >= 0.6 is 0 Å². The second-order valence-electron chi connectivity index (χ2n) is 14.4. The molecule has 0 heterocycles. The Bertz CT molecular complexity index is 1880. The van der Waals surface area contributed by atoms with Crippen molar-refractivity contribution in [2.45, 2.75) is 62.8 Å². The minimum Gasteiger partial charge on any atom is -0.497 e. The van der Waals surface area contributed by atoms with Gasteiger partial charge in [0.1, 0.15) is 23.0 Å². The normalized spacial score (nSPS) is 12.2. The quantitative estimate of drug-likeness (QED) is 0.0290. The maximum absolute atomic E-state index is 11.0. The fraction of sp³-hybridized carbons (Fsp3) is 0.360. The summed E-state index contributed by atoms with van der Waals surface area (Å²) >= 11 is 0. The molecule has 0 aromatic heterocycles. The smallest absolute Gasteiger partial charge is 0.328 e. The van der Waals surface area contributed by atoms with Gasteiger partial charge in [-0.25, -0.2) is 19.2 Å². The number of carbonyl (C=O) groups is 4. The van der Waals surface area contributed by atoms with Crippen molar-refractivity contribution in [2.24, 2.45) is 0 Å². The number of rotatable bonds is 26. The van der Waals surface area contributed by atoms with E-state index in [2.05, 4.69) is 10.6 Å². The number of methoxy groups -OCH3 is 4. The Hall–Kier alpha value is -6.84. The lowest BCUT2D eigenvalue weighted by Crippen LogP contribution is -2.28. The summed E-state index contributed by atoms with van der Waals surface area (Å²) in [7, 11) is 6.52. The molecule has 69 heavy (non-hydrogen) atoms. The molecule has 0 radical (unpaired) electrons. The average Bonchev–Trinajstić information content (AvgIpc) is 3.35. The number of aliphatic carboxylic acids is 4. The molecule has 4 atom stereocenters. The molecular formula is C50H68N2O17. The Labute approximate surface area is 402 Å². The summed E-state index contributed by atoms with van der Waals surface area (Å²) < 4.78 is 20.8. The molecule has 0 aliphatic rings. The highest BCUT2D eigenvalue weighted by atomic mass is 16.5. The Balaban J connectivity index is 0.00000101. The SMILES string of the molecule is COc1ccc(C(O)C(NCCCCCO)c2ccc(OC)cc2)cc1.COc1ccc(C(O)C(NCCCCCO)c2ccc(OC)cc2)cc1.O.O=C(O)C=CC(=O)O.O=C(O)C=CC(=O)O. The van der Waals surface area contributed by atoms with Crippen LogP contribution in [0.25, 0.3) is 0 Å². The second-order valence-corrected chi connectivity index (χ2v) is 14.4. The molecule has 0 saturated heterocycles. The molecule has 0 bridgehead atoms. The van der Waals surface area contributed by atoms with Crippen LogP contribution in [0.5, 0.6) is 23.0 Å². The van der Waals surface area contributed by atoms with Crippen LogP contribution in [0.1, 0.15) is 85.1 Å². The molecule has 0 spiro atoms. The molecule has 0 fully saturated rings. The highest BCUT2D eigenvalue weighted by Gasteiger charge is 2.24. The number of aliphatic hydroxyl groups excluding tert-OH is 4. The molecule has 4 aromatic rings. The van der Waals surface area contributed by atoms with Crippen LogP contribution in [0.2, 0.25) is 0 Å². The van der Waals surface area contributed by atoms with Crippen LogP contribution in [0.3, 0.4) is 0 Å². The number of unbranched alkanes of at least 4 members (excludes halogenated alkanes) is 4. The van der Waals surface area contributed by atoms with E-state index in [-0.39, 0.29) is 30.8 Å². The van der Waals surface area contributed by atoms with Gasteiger partial charge in [-0.05, 0) is 122 Å². The summed E-state index contributed by atoms with van der Waals surface area (Å²) in [6.45, 7) is 1.97. The van der Waals surface area contributed by atoms with Crippen LogP contribution in [-0.2, 0) is 19.2 Å². The molecule has 4 aromatic carbocycles. The Kier molecular flexibility index (Phi) is 33.5. The van der Waals surface area contributed by atoms with E-state index < -0.39 is 36.1 Å². The third-order valence-corrected chi connectivity index (χ3v) is 9.63. The van der Waals surface area contributed by atoms with E-state index in [1.165, 1.54) is 0 Å². The van der Waals surface area contributed by atoms with Crippen molar-refractivity contribution in [1.29, 1.82) is 0 Å². The first-order valence-corrected chi connectivity index (χ1v) is 21.5. The van der Waals surface area contributed by atoms with Gasteiger partial charge in [-0.2, -0.15) is 0 Å². The van der Waals surface area contributed by atoms with Gasteiger partial charge in [0, 0.05) is 37.5 Å². The van der Waals surface area contributed by atoms with Crippen molar-refractivity contribution < 1.29 is 84.5 Å². The van der Waals surface area contributed by atoms with E-state index in [0.717, 1.165) is 96.9 Å². The lowest BCUT2D eigenvalue weighted by atomic mass is 9.95. The molecule has 19 heteroatoms. The van der Waals surface area contributed by atoms with Crippen LogP contribution in [0.4, 0.5) is 0 Å². The highest BCUT2D eigenvalue weighted by Crippen LogP contribution is 2.32. The van der Waals surface area contributed by atoms with Gasteiger partial charge in [0.05, 0.1) is 52.7 Å². The molecule has 4 rings (SSSR count). The molecule has 380 valence electrons. The maximum atomic E-state index is 11.0. The van der Waals surface area contributed by atoms with E-state index in [9.17, 15) is 29.4 Å². The molecule has 12 N–H and O–H groups in total.